The van der Waals surface area contributed by atoms with Gasteiger partial charge in [-0.15, -0.1) is 0 Å². The van der Waals surface area contributed by atoms with Crippen LogP contribution in [-0.2, 0) is 25.7 Å². The van der Waals surface area contributed by atoms with Crippen molar-refractivity contribution in [3.05, 3.63) is 126 Å². The van der Waals surface area contributed by atoms with Crippen LogP contribution >= 0.6 is 0 Å². The SMILES string of the molecule is COc1ccc(CCc2ncc(O)c3ccccc23)cc1Oc1ccc(CCc2ncc(O)c3ccccc23)cc1. The van der Waals surface area contributed by atoms with E-state index in [1.165, 1.54) is 18.0 Å². The Kier molecular flexibility index (Phi) is 7.37. The lowest BCUT2D eigenvalue weighted by molar-refractivity contribution is 0.378. The summed E-state index contributed by atoms with van der Waals surface area (Å²) < 4.78 is 11.8. The molecular formula is C35H30N2O4. The minimum atomic E-state index is 0.195. The molecule has 0 unspecified atom stereocenters. The van der Waals surface area contributed by atoms with Crippen molar-refractivity contribution < 1.29 is 19.7 Å². The van der Waals surface area contributed by atoms with E-state index in [1.54, 1.807) is 7.11 Å². The molecule has 6 rings (SSSR count). The quantitative estimate of drug-likeness (QED) is 0.196. The summed E-state index contributed by atoms with van der Waals surface area (Å²) in [6.45, 7) is 0. The standard InChI is InChI=1S/C35H30N2O4/c1-40-34-19-14-24(13-18-31-27-7-3-5-9-29(27)33(39)22-37-31)20-35(34)41-25-15-10-23(11-16-25)12-17-30-26-6-2-4-8-28(26)32(38)21-36-30/h2-11,14-16,19-22,38-39H,12-13,17-18H2,1H3. The Bertz CT molecular complexity index is 1830. The van der Waals surface area contributed by atoms with Crippen LogP contribution in [-0.4, -0.2) is 27.3 Å². The molecule has 6 nitrogen and oxygen atoms in total. The lowest BCUT2D eigenvalue weighted by Gasteiger charge is -2.13. The summed E-state index contributed by atoms with van der Waals surface area (Å²) in [4.78, 5) is 8.96. The second-order valence-electron chi connectivity index (χ2n) is 10.0. The van der Waals surface area contributed by atoms with Crippen LogP contribution < -0.4 is 9.47 Å². The van der Waals surface area contributed by atoms with Crippen molar-refractivity contribution in [3.8, 4) is 28.7 Å². The Morgan fingerprint density at radius 3 is 1.63 bits per heavy atom. The fourth-order valence-electron chi connectivity index (χ4n) is 5.20. The lowest BCUT2D eigenvalue weighted by atomic mass is 10.0. The smallest absolute Gasteiger partial charge is 0.169 e. The molecule has 0 amide bonds. The summed E-state index contributed by atoms with van der Waals surface area (Å²) in [5.41, 5.74) is 4.19. The molecule has 0 saturated carbocycles. The summed E-state index contributed by atoms with van der Waals surface area (Å²) in [7, 11) is 1.64. The van der Waals surface area contributed by atoms with E-state index in [1.807, 2.05) is 78.9 Å². The van der Waals surface area contributed by atoms with Crippen LogP contribution in [0.2, 0.25) is 0 Å². The molecule has 2 N–H and O–H groups in total. The number of aromatic hydroxyl groups is 2. The zero-order valence-corrected chi connectivity index (χ0v) is 22.7. The molecule has 0 atom stereocenters. The van der Waals surface area contributed by atoms with Crippen molar-refractivity contribution in [2.75, 3.05) is 7.11 Å². The molecule has 0 saturated heterocycles. The highest BCUT2D eigenvalue weighted by atomic mass is 16.5. The van der Waals surface area contributed by atoms with Crippen molar-refractivity contribution in [2.24, 2.45) is 0 Å². The predicted octanol–water partition coefficient (Wildman–Crippen LogP) is 7.57. The number of hydrogen-bond acceptors (Lipinski definition) is 6. The molecule has 0 radical (unpaired) electrons. The van der Waals surface area contributed by atoms with Gasteiger partial charge < -0.3 is 19.7 Å². The van der Waals surface area contributed by atoms with Crippen LogP contribution in [0.3, 0.4) is 0 Å². The molecule has 0 bridgehead atoms. The first-order valence-electron chi connectivity index (χ1n) is 13.6. The maximum absolute atomic E-state index is 10.2. The van der Waals surface area contributed by atoms with Crippen molar-refractivity contribution in [3.63, 3.8) is 0 Å². The molecule has 4 aromatic carbocycles. The predicted molar refractivity (Wildman–Crippen MR) is 161 cm³/mol. The largest absolute Gasteiger partial charge is 0.506 e. The third-order valence-electron chi connectivity index (χ3n) is 7.39. The molecule has 41 heavy (non-hydrogen) atoms. The van der Waals surface area contributed by atoms with E-state index in [9.17, 15) is 10.2 Å². The van der Waals surface area contributed by atoms with Gasteiger partial charge in [-0.25, -0.2) is 0 Å². The number of ether oxygens (including phenoxy) is 2. The molecule has 2 aromatic heterocycles. The number of benzene rings is 4. The first-order valence-corrected chi connectivity index (χ1v) is 13.6. The highest BCUT2D eigenvalue weighted by Gasteiger charge is 2.11. The van der Waals surface area contributed by atoms with E-state index in [2.05, 4.69) is 22.1 Å². The van der Waals surface area contributed by atoms with Crippen molar-refractivity contribution in [1.82, 2.24) is 9.97 Å². The summed E-state index contributed by atoms with van der Waals surface area (Å²) in [6, 6.07) is 29.6. The number of nitrogens with zero attached hydrogens (tertiary/aromatic N) is 2. The first kappa shape index (κ1) is 26.1. The van der Waals surface area contributed by atoms with Gasteiger partial charge in [0.25, 0.3) is 0 Å². The van der Waals surface area contributed by atoms with Gasteiger partial charge in [0.15, 0.2) is 11.5 Å². The number of rotatable bonds is 9. The third-order valence-corrected chi connectivity index (χ3v) is 7.39. The number of hydrogen-bond donors (Lipinski definition) is 2. The van der Waals surface area contributed by atoms with Crippen LogP contribution in [0.25, 0.3) is 21.5 Å². The minimum Gasteiger partial charge on any atom is -0.506 e. The molecule has 0 aliphatic rings. The molecular weight excluding hydrogens is 512 g/mol. The summed E-state index contributed by atoms with van der Waals surface area (Å²) in [5.74, 6) is 2.44. The van der Waals surface area contributed by atoms with Gasteiger partial charge in [-0.3, -0.25) is 9.97 Å². The average Bonchev–Trinajstić information content (AvgIpc) is 3.01. The zero-order chi connectivity index (χ0) is 28.2. The van der Waals surface area contributed by atoms with Crippen LogP contribution in [0.4, 0.5) is 0 Å². The van der Waals surface area contributed by atoms with E-state index >= 15 is 0 Å². The van der Waals surface area contributed by atoms with E-state index in [4.69, 9.17) is 9.47 Å². The number of aromatic nitrogens is 2. The van der Waals surface area contributed by atoms with Crippen LogP contribution in [0, 0.1) is 0 Å². The van der Waals surface area contributed by atoms with Crippen molar-refractivity contribution in [2.45, 2.75) is 25.7 Å². The molecule has 0 aliphatic heterocycles. The number of fused-ring (bicyclic) bond motifs is 2. The molecule has 2 heterocycles. The first-order chi connectivity index (χ1) is 20.1. The van der Waals surface area contributed by atoms with Gasteiger partial charge in [0.05, 0.1) is 19.5 Å². The van der Waals surface area contributed by atoms with Crippen LogP contribution in [0.15, 0.2) is 103 Å². The van der Waals surface area contributed by atoms with E-state index in [0.717, 1.165) is 69.9 Å². The van der Waals surface area contributed by atoms with E-state index < -0.39 is 0 Å². The molecule has 0 spiro atoms. The van der Waals surface area contributed by atoms with Gasteiger partial charge in [-0.05, 0) is 61.1 Å². The van der Waals surface area contributed by atoms with Crippen LogP contribution in [0.1, 0.15) is 22.5 Å². The van der Waals surface area contributed by atoms with Gasteiger partial charge in [0.1, 0.15) is 17.2 Å². The summed E-state index contributed by atoms with van der Waals surface area (Å²) in [6.07, 6.45) is 6.13. The maximum atomic E-state index is 10.2. The minimum absolute atomic E-state index is 0.195. The van der Waals surface area contributed by atoms with Gasteiger partial charge in [-0.2, -0.15) is 0 Å². The van der Waals surface area contributed by atoms with Gasteiger partial charge in [0, 0.05) is 32.9 Å². The second kappa shape index (κ2) is 11.6. The molecule has 6 heteroatoms. The fourth-order valence-corrected chi connectivity index (χ4v) is 5.20. The average molecular weight is 543 g/mol. The second-order valence-corrected chi connectivity index (χ2v) is 10.0. The highest BCUT2D eigenvalue weighted by molar-refractivity contribution is 5.90. The Morgan fingerprint density at radius 2 is 1.07 bits per heavy atom. The van der Waals surface area contributed by atoms with Gasteiger partial charge >= 0.3 is 0 Å². The Labute approximate surface area is 238 Å². The molecule has 6 aromatic rings. The number of pyridine rings is 2. The Morgan fingerprint density at radius 1 is 0.561 bits per heavy atom. The summed E-state index contributed by atoms with van der Waals surface area (Å²) in [5, 5.41) is 23.9. The summed E-state index contributed by atoms with van der Waals surface area (Å²) >= 11 is 0. The molecule has 204 valence electrons. The maximum Gasteiger partial charge on any atom is 0.169 e. The highest BCUT2D eigenvalue weighted by Crippen LogP contribution is 2.34. The van der Waals surface area contributed by atoms with Crippen molar-refractivity contribution >= 4 is 21.5 Å². The molecule has 0 fully saturated rings. The Balaban J connectivity index is 1.14. The van der Waals surface area contributed by atoms with E-state index in [-0.39, 0.29) is 11.5 Å². The third kappa shape index (κ3) is 5.63. The van der Waals surface area contributed by atoms with E-state index in [0.29, 0.717) is 11.5 Å². The number of methoxy groups -OCH3 is 1. The normalized spacial score (nSPS) is 11.1. The lowest BCUT2D eigenvalue weighted by Crippen LogP contribution is -1.98. The van der Waals surface area contributed by atoms with Gasteiger partial charge in [0.2, 0.25) is 0 Å². The molecule has 0 aliphatic carbocycles. The number of aryl methyl sites for hydroxylation is 4. The monoisotopic (exact) mass is 542 g/mol. The zero-order valence-electron chi connectivity index (χ0n) is 22.7. The topological polar surface area (TPSA) is 84.7 Å². The Hall–Kier alpha value is -5.10. The van der Waals surface area contributed by atoms with Gasteiger partial charge in [-0.1, -0.05) is 66.7 Å². The fraction of sp³-hybridized carbons (Fsp3) is 0.143. The van der Waals surface area contributed by atoms with Crippen LogP contribution in [0.5, 0.6) is 28.7 Å². The van der Waals surface area contributed by atoms with Crippen molar-refractivity contribution in [1.29, 1.82) is 0 Å².